The maximum absolute atomic E-state index is 11.9. The van der Waals surface area contributed by atoms with Gasteiger partial charge in [-0.15, -0.1) is 0 Å². The molecule has 1 amide bonds. The molecular weight excluding hydrogens is 316 g/mol. The molecular formula is C12H13BrN2O2S. The van der Waals surface area contributed by atoms with Crippen LogP contribution in [-0.4, -0.2) is 22.1 Å². The molecule has 4 nitrogen and oxygen atoms in total. The van der Waals surface area contributed by atoms with E-state index in [1.165, 1.54) is 11.3 Å². The van der Waals surface area contributed by atoms with Gasteiger partial charge in [0.2, 0.25) is 0 Å². The van der Waals surface area contributed by atoms with Gasteiger partial charge < -0.3 is 15.0 Å². The molecule has 2 rings (SSSR count). The van der Waals surface area contributed by atoms with Crippen molar-refractivity contribution in [1.82, 2.24) is 9.88 Å². The van der Waals surface area contributed by atoms with Crippen LogP contribution in [0.3, 0.4) is 0 Å². The molecule has 0 aliphatic rings. The van der Waals surface area contributed by atoms with Crippen LogP contribution in [0.2, 0.25) is 0 Å². The third-order valence-electron chi connectivity index (χ3n) is 2.59. The maximum atomic E-state index is 11.9. The van der Waals surface area contributed by atoms with Crippen LogP contribution in [0.4, 0.5) is 0 Å². The highest BCUT2D eigenvalue weighted by Crippen LogP contribution is 2.16. The van der Waals surface area contributed by atoms with Gasteiger partial charge in [-0.3, -0.25) is 4.79 Å². The average Bonchev–Trinajstić information content (AvgIpc) is 2.95. The van der Waals surface area contributed by atoms with Crippen LogP contribution in [0.15, 0.2) is 33.6 Å². The largest absolute Gasteiger partial charge is 0.387 e. The molecule has 0 bridgehead atoms. The van der Waals surface area contributed by atoms with Gasteiger partial charge in [-0.1, -0.05) is 0 Å². The summed E-state index contributed by atoms with van der Waals surface area (Å²) in [6.45, 7) is 0.207. The van der Waals surface area contributed by atoms with E-state index in [1.54, 1.807) is 17.7 Å². The van der Waals surface area contributed by atoms with Crippen LogP contribution in [0.1, 0.15) is 22.2 Å². The van der Waals surface area contributed by atoms with Crippen LogP contribution >= 0.6 is 27.3 Å². The number of thiophene rings is 1. The second-order valence-corrected chi connectivity index (χ2v) is 5.63. The second kappa shape index (κ2) is 5.69. The third kappa shape index (κ3) is 3.01. The van der Waals surface area contributed by atoms with Gasteiger partial charge in [0.1, 0.15) is 5.69 Å². The van der Waals surface area contributed by atoms with Crippen LogP contribution in [0.25, 0.3) is 0 Å². The minimum Gasteiger partial charge on any atom is -0.387 e. The molecule has 0 aliphatic heterocycles. The Morgan fingerprint density at radius 2 is 2.44 bits per heavy atom. The third-order valence-corrected chi connectivity index (χ3v) is 3.72. The second-order valence-electron chi connectivity index (χ2n) is 3.94. The molecule has 0 radical (unpaired) electrons. The Hall–Kier alpha value is -1.11. The normalized spacial score (nSPS) is 12.4. The van der Waals surface area contributed by atoms with E-state index >= 15 is 0 Å². The molecule has 2 N–H and O–H groups in total. The van der Waals surface area contributed by atoms with Crippen molar-refractivity contribution in [2.45, 2.75) is 6.10 Å². The monoisotopic (exact) mass is 328 g/mol. The number of aliphatic hydroxyl groups excluding tert-OH is 1. The Kier molecular flexibility index (Phi) is 4.21. The predicted octanol–water partition coefficient (Wildman–Crippen LogP) is 2.31. The summed E-state index contributed by atoms with van der Waals surface area (Å²) in [4.78, 5) is 11.9. The molecule has 2 heterocycles. The summed E-state index contributed by atoms with van der Waals surface area (Å²) in [5.74, 6) is -0.197. The first-order chi connectivity index (χ1) is 8.58. The number of aliphatic hydroxyl groups is 1. The zero-order valence-electron chi connectivity index (χ0n) is 9.76. The van der Waals surface area contributed by atoms with Crippen molar-refractivity contribution in [1.29, 1.82) is 0 Å². The molecule has 0 saturated heterocycles. The van der Waals surface area contributed by atoms with Crippen molar-refractivity contribution >= 4 is 33.2 Å². The summed E-state index contributed by atoms with van der Waals surface area (Å²) in [5.41, 5.74) is 1.38. The molecule has 1 unspecified atom stereocenters. The van der Waals surface area contributed by atoms with Gasteiger partial charge in [0, 0.05) is 24.3 Å². The summed E-state index contributed by atoms with van der Waals surface area (Å²) in [7, 11) is 1.80. The molecule has 0 spiro atoms. The first kappa shape index (κ1) is 13.3. The number of nitrogens with one attached hydrogen (secondary N) is 1. The quantitative estimate of drug-likeness (QED) is 0.904. The molecule has 1 atom stereocenters. The molecule has 0 fully saturated rings. The number of hydrogen-bond acceptors (Lipinski definition) is 3. The molecule has 2 aromatic rings. The van der Waals surface area contributed by atoms with Gasteiger partial charge in [-0.2, -0.15) is 11.3 Å². The zero-order valence-corrected chi connectivity index (χ0v) is 12.2. The minimum absolute atomic E-state index is 0.197. The van der Waals surface area contributed by atoms with Gasteiger partial charge in [0.15, 0.2) is 0 Å². The lowest BCUT2D eigenvalue weighted by molar-refractivity contribution is 0.0908. The van der Waals surface area contributed by atoms with Crippen molar-refractivity contribution in [2.75, 3.05) is 6.54 Å². The van der Waals surface area contributed by atoms with Crippen molar-refractivity contribution in [3.63, 3.8) is 0 Å². The van der Waals surface area contributed by atoms with E-state index in [2.05, 4.69) is 21.2 Å². The number of nitrogens with zero attached hydrogens (tertiary/aromatic N) is 1. The number of rotatable bonds is 4. The van der Waals surface area contributed by atoms with Crippen LogP contribution in [0, 0.1) is 0 Å². The Morgan fingerprint density at radius 1 is 1.67 bits per heavy atom. The summed E-state index contributed by atoms with van der Waals surface area (Å²) < 4.78 is 2.59. The highest BCUT2D eigenvalue weighted by atomic mass is 79.9. The highest BCUT2D eigenvalue weighted by Gasteiger charge is 2.13. The standard InChI is InChI=1S/C12H13BrN2O2S/c1-15-6-9(13)4-10(15)12(17)14-5-11(16)8-2-3-18-7-8/h2-4,6-7,11,16H,5H2,1H3,(H,14,17). The average molecular weight is 329 g/mol. The molecule has 0 aromatic carbocycles. The van der Waals surface area contributed by atoms with Gasteiger partial charge >= 0.3 is 0 Å². The molecule has 6 heteroatoms. The fourth-order valence-electron chi connectivity index (χ4n) is 1.61. The number of hydrogen-bond donors (Lipinski definition) is 2. The van der Waals surface area contributed by atoms with Gasteiger partial charge in [-0.05, 0) is 44.4 Å². The summed E-state index contributed by atoms with van der Waals surface area (Å²) in [6, 6.07) is 3.59. The summed E-state index contributed by atoms with van der Waals surface area (Å²) in [5, 5.41) is 16.3. The molecule has 0 aliphatic carbocycles. The van der Waals surface area contributed by atoms with E-state index in [4.69, 9.17) is 0 Å². The van der Waals surface area contributed by atoms with E-state index in [0.29, 0.717) is 5.69 Å². The van der Waals surface area contributed by atoms with Crippen LogP contribution in [-0.2, 0) is 7.05 Å². The molecule has 18 heavy (non-hydrogen) atoms. The van der Waals surface area contributed by atoms with Gasteiger partial charge in [-0.25, -0.2) is 0 Å². The number of carbonyl (C=O) groups is 1. The number of halogens is 1. The number of carbonyl (C=O) groups excluding carboxylic acids is 1. The number of aromatic nitrogens is 1. The van der Waals surface area contributed by atoms with Crippen molar-refractivity contribution in [2.24, 2.45) is 7.05 Å². The Labute approximate surface area is 117 Å². The first-order valence-electron chi connectivity index (χ1n) is 5.38. The number of aryl methyl sites for hydroxylation is 1. The Bertz CT molecular complexity index is 536. The topological polar surface area (TPSA) is 54.3 Å². The molecule has 0 saturated carbocycles. The van der Waals surface area contributed by atoms with E-state index in [0.717, 1.165) is 10.0 Å². The predicted molar refractivity (Wildman–Crippen MR) is 74.7 cm³/mol. The maximum Gasteiger partial charge on any atom is 0.268 e. The zero-order chi connectivity index (χ0) is 13.1. The van der Waals surface area contributed by atoms with Gasteiger partial charge in [0.05, 0.1) is 6.10 Å². The van der Waals surface area contributed by atoms with E-state index in [1.807, 2.05) is 23.0 Å². The minimum atomic E-state index is -0.663. The lowest BCUT2D eigenvalue weighted by Crippen LogP contribution is -2.29. The molecule has 96 valence electrons. The van der Waals surface area contributed by atoms with Crippen molar-refractivity contribution < 1.29 is 9.90 Å². The summed E-state index contributed by atoms with van der Waals surface area (Å²) >= 11 is 4.84. The fraction of sp³-hybridized carbons (Fsp3) is 0.250. The lowest BCUT2D eigenvalue weighted by Gasteiger charge is -2.10. The van der Waals surface area contributed by atoms with Crippen molar-refractivity contribution in [3.05, 3.63) is 44.8 Å². The van der Waals surface area contributed by atoms with Crippen molar-refractivity contribution in [3.8, 4) is 0 Å². The fourth-order valence-corrected chi connectivity index (χ4v) is 2.84. The first-order valence-corrected chi connectivity index (χ1v) is 7.11. The Morgan fingerprint density at radius 3 is 3.00 bits per heavy atom. The van der Waals surface area contributed by atoms with Crippen LogP contribution in [0.5, 0.6) is 0 Å². The number of amides is 1. The van der Waals surface area contributed by atoms with Gasteiger partial charge in [0.25, 0.3) is 5.91 Å². The van der Waals surface area contributed by atoms with E-state index < -0.39 is 6.10 Å². The summed E-state index contributed by atoms with van der Waals surface area (Å²) in [6.07, 6.45) is 1.15. The Balaban J connectivity index is 1.94. The highest BCUT2D eigenvalue weighted by molar-refractivity contribution is 9.10. The lowest BCUT2D eigenvalue weighted by atomic mass is 10.2. The molecule has 2 aromatic heterocycles. The SMILES string of the molecule is Cn1cc(Br)cc1C(=O)NCC(O)c1ccsc1. The van der Waals surface area contributed by atoms with E-state index in [9.17, 15) is 9.90 Å². The smallest absolute Gasteiger partial charge is 0.268 e. The van der Waals surface area contributed by atoms with Crippen LogP contribution < -0.4 is 5.32 Å². The van der Waals surface area contributed by atoms with E-state index in [-0.39, 0.29) is 12.5 Å².